The van der Waals surface area contributed by atoms with Crippen molar-refractivity contribution in [3.63, 3.8) is 0 Å². The summed E-state index contributed by atoms with van der Waals surface area (Å²) in [7, 11) is 0. The molecule has 2 aliphatic heterocycles. The Balaban J connectivity index is 1.28. The number of aliphatic hydroxyl groups excluding tert-OH is 1. The lowest BCUT2D eigenvalue weighted by molar-refractivity contribution is -0.128. The van der Waals surface area contributed by atoms with Crippen molar-refractivity contribution in [1.29, 1.82) is 0 Å². The molecule has 2 atom stereocenters. The third-order valence-corrected chi connectivity index (χ3v) is 6.12. The number of rotatable bonds is 5. The second kappa shape index (κ2) is 8.03. The lowest BCUT2D eigenvalue weighted by atomic mass is 10.1. The Morgan fingerprint density at radius 3 is 2.97 bits per heavy atom. The van der Waals surface area contributed by atoms with Crippen molar-refractivity contribution < 1.29 is 19.4 Å². The molecule has 0 spiro atoms. The summed E-state index contributed by atoms with van der Waals surface area (Å²) in [5, 5.41) is 13.9. The number of carbonyl (C=O) groups excluding carboxylic acids is 1. The minimum Gasteiger partial charge on any atom is -0.454 e. The van der Waals surface area contributed by atoms with E-state index in [1.165, 1.54) is 0 Å². The maximum atomic E-state index is 12.9. The second-order valence-corrected chi connectivity index (χ2v) is 8.40. The molecule has 1 amide bonds. The Morgan fingerprint density at radius 1 is 1.32 bits per heavy atom. The number of imidazole rings is 1. The normalized spacial score (nSPS) is 20.5. The van der Waals surface area contributed by atoms with Crippen LogP contribution in [0.5, 0.6) is 11.5 Å². The Kier molecular flexibility index (Phi) is 5.21. The molecule has 9 heteroatoms. The molecule has 0 radical (unpaired) electrons. The van der Waals surface area contributed by atoms with Gasteiger partial charge in [0.2, 0.25) is 12.7 Å². The van der Waals surface area contributed by atoms with Crippen LogP contribution in [0.1, 0.15) is 23.4 Å². The molecular weight excluding hydrogens is 420 g/mol. The van der Waals surface area contributed by atoms with Crippen LogP contribution in [0.15, 0.2) is 30.3 Å². The van der Waals surface area contributed by atoms with Crippen molar-refractivity contribution in [3.8, 4) is 11.5 Å². The summed E-state index contributed by atoms with van der Waals surface area (Å²) >= 11 is 6.40. The zero-order valence-electron chi connectivity index (χ0n) is 17.0. The van der Waals surface area contributed by atoms with Crippen molar-refractivity contribution in [2.75, 3.05) is 13.3 Å². The number of hydrogen-bond donors (Lipinski definition) is 3. The number of carbonyl (C=O) groups is 1. The molecule has 5 rings (SSSR count). The van der Waals surface area contributed by atoms with Crippen LogP contribution >= 0.6 is 11.6 Å². The van der Waals surface area contributed by atoms with E-state index in [9.17, 15) is 9.90 Å². The number of nitrogens with zero attached hydrogens (tertiary/aromatic N) is 2. The molecule has 2 aliphatic rings. The number of likely N-dealkylation sites (tertiary alicyclic amines) is 1. The number of nitrogens with one attached hydrogen (secondary N) is 2. The van der Waals surface area contributed by atoms with Crippen LogP contribution in [-0.2, 0) is 17.9 Å². The number of aliphatic hydroxyl groups is 1. The molecule has 1 fully saturated rings. The van der Waals surface area contributed by atoms with Gasteiger partial charge < -0.3 is 24.9 Å². The van der Waals surface area contributed by atoms with Crippen LogP contribution in [0.3, 0.4) is 0 Å². The summed E-state index contributed by atoms with van der Waals surface area (Å²) in [5.74, 6) is 1.69. The van der Waals surface area contributed by atoms with Crippen LogP contribution in [-0.4, -0.2) is 51.4 Å². The molecule has 31 heavy (non-hydrogen) atoms. The first-order valence-electron chi connectivity index (χ1n) is 10.2. The van der Waals surface area contributed by atoms with Gasteiger partial charge in [-0.05, 0) is 42.7 Å². The summed E-state index contributed by atoms with van der Waals surface area (Å²) in [5.41, 5.74) is 3.75. The van der Waals surface area contributed by atoms with E-state index in [0.717, 1.165) is 22.2 Å². The number of fused-ring (bicyclic) bond motifs is 2. The minimum atomic E-state index is -0.744. The highest BCUT2D eigenvalue weighted by atomic mass is 35.5. The van der Waals surface area contributed by atoms with E-state index >= 15 is 0 Å². The van der Waals surface area contributed by atoms with E-state index in [4.69, 9.17) is 21.1 Å². The van der Waals surface area contributed by atoms with Gasteiger partial charge in [0.25, 0.3) is 0 Å². The molecule has 0 bridgehead atoms. The quantitative estimate of drug-likeness (QED) is 0.561. The first kappa shape index (κ1) is 20.1. The number of ether oxygens (including phenoxy) is 2. The van der Waals surface area contributed by atoms with Crippen molar-refractivity contribution in [2.24, 2.45) is 0 Å². The molecular formula is C22H23ClN4O4. The fourth-order valence-corrected chi connectivity index (χ4v) is 4.40. The highest BCUT2D eigenvalue weighted by molar-refractivity contribution is 6.31. The number of benzene rings is 2. The monoisotopic (exact) mass is 442 g/mol. The Morgan fingerprint density at radius 2 is 2.13 bits per heavy atom. The Labute approximate surface area is 184 Å². The lowest BCUT2D eigenvalue weighted by Gasteiger charge is -2.25. The van der Waals surface area contributed by atoms with Gasteiger partial charge in [0, 0.05) is 24.2 Å². The molecule has 8 nitrogen and oxygen atoms in total. The minimum absolute atomic E-state index is 0.171. The van der Waals surface area contributed by atoms with E-state index in [1.54, 1.807) is 6.07 Å². The molecule has 3 heterocycles. The predicted octanol–water partition coefficient (Wildman–Crippen LogP) is 2.51. The van der Waals surface area contributed by atoms with Gasteiger partial charge in [-0.2, -0.15) is 0 Å². The summed E-state index contributed by atoms with van der Waals surface area (Å²) in [6.07, 6.45) is -0.226. The van der Waals surface area contributed by atoms with Crippen molar-refractivity contribution >= 4 is 28.5 Å². The summed E-state index contributed by atoms with van der Waals surface area (Å²) < 4.78 is 10.8. The maximum absolute atomic E-state index is 12.9. The highest BCUT2D eigenvalue weighted by Gasteiger charge is 2.38. The number of aromatic nitrogens is 2. The largest absolute Gasteiger partial charge is 0.454 e. The van der Waals surface area contributed by atoms with E-state index in [0.29, 0.717) is 41.9 Å². The SMILES string of the molecule is Cc1ccc2nc(CNC(=O)[C@@H]3[C@@H](O)CCN3Cc3cc4c(cc3Cl)OCO4)[nH]c2c1. The Bertz CT molecular complexity index is 1150. The smallest absolute Gasteiger partial charge is 0.240 e. The first-order valence-corrected chi connectivity index (χ1v) is 10.6. The number of aromatic amines is 1. The fraction of sp³-hybridized carbons (Fsp3) is 0.364. The summed E-state index contributed by atoms with van der Waals surface area (Å²) in [6, 6.07) is 8.87. The molecule has 0 unspecified atom stereocenters. The van der Waals surface area contributed by atoms with E-state index < -0.39 is 12.1 Å². The van der Waals surface area contributed by atoms with Crippen molar-refractivity contribution in [2.45, 2.75) is 38.6 Å². The summed E-state index contributed by atoms with van der Waals surface area (Å²) in [6.45, 7) is 3.46. The molecule has 2 aromatic carbocycles. The standard InChI is InChI=1S/C22H23ClN4O4/c1-12-2-3-15-16(6-12)26-20(25-15)9-24-22(29)21-17(28)4-5-27(21)10-13-7-18-19(8-14(13)23)31-11-30-18/h2-3,6-8,17,21,28H,4-5,9-11H2,1H3,(H,24,29)(H,25,26)/t17-,21-/m0/s1. The van der Waals surface area contributed by atoms with Gasteiger partial charge in [0.05, 0.1) is 23.7 Å². The second-order valence-electron chi connectivity index (χ2n) is 7.99. The zero-order valence-corrected chi connectivity index (χ0v) is 17.8. The van der Waals surface area contributed by atoms with Crippen LogP contribution in [0.4, 0.5) is 0 Å². The number of halogens is 1. The van der Waals surface area contributed by atoms with Gasteiger partial charge >= 0.3 is 0 Å². The number of H-pyrrole nitrogens is 1. The van der Waals surface area contributed by atoms with Gasteiger partial charge in [0.1, 0.15) is 11.9 Å². The molecule has 162 valence electrons. The topological polar surface area (TPSA) is 99.7 Å². The molecule has 1 aromatic heterocycles. The number of aryl methyl sites for hydroxylation is 1. The van der Waals surface area contributed by atoms with Crippen molar-refractivity contribution in [1.82, 2.24) is 20.2 Å². The van der Waals surface area contributed by atoms with E-state index in [1.807, 2.05) is 36.1 Å². The number of amides is 1. The predicted molar refractivity (Wildman–Crippen MR) is 115 cm³/mol. The van der Waals surface area contributed by atoms with E-state index in [2.05, 4.69) is 15.3 Å². The third-order valence-electron chi connectivity index (χ3n) is 5.77. The molecule has 3 aromatic rings. The molecule has 0 saturated carbocycles. The molecule has 0 aliphatic carbocycles. The van der Waals surface area contributed by atoms with Crippen LogP contribution in [0, 0.1) is 6.92 Å². The average Bonchev–Trinajstić information content (AvgIpc) is 3.44. The van der Waals surface area contributed by atoms with Gasteiger partial charge in [-0.15, -0.1) is 0 Å². The van der Waals surface area contributed by atoms with E-state index in [-0.39, 0.29) is 19.2 Å². The fourth-order valence-electron chi connectivity index (χ4n) is 4.19. The molecule has 1 saturated heterocycles. The lowest BCUT2D eigenvalue weighted by Crippen LogP contribution is -2.47. The van der Waals surface area contributed by atoms with Gasteiger partial charge in [-0.3, -0.25) is 9.69 Å². The maximum Gasteiger partial charge on any atom is 0.240 e. The van der Waals surface area contributed by atoms with Crippen LogP contribution < -0.4 is 14.8 Å². The number of hydrogen-bond acceptors (Lipinski definition) is 6. The third kappa shape index (κ3) is 3.94. The van der Waals surface area contributed by atoms with Gasteiger partial charge in [-0.1, -0.05) is 17.7 Å². The van der Waals surface area contributed by atoms with Crippen LogP contribution in [0.2, 0.25) is 5.02 Å². The summed E-state index contributed by atoms with van der Waals surface area (Å²) in [4.78, 5) is 22.6. The average molecular weight is 443 g/mol. The van der Waals surface area contributed by atoms with Gasteiger partial charge in [-0.25, -0.2) is 4.98 Å². The van der Waals surface area contributed by atoms with Crippen LogP contribution in [0.25, 0.3) is 11.0 Å². The zero-order chi connectivity index (χ0) is 21.5. The van der Waals surface area contributed by atoms with Crippen molar-refractivity contribution in [3.05, 3.63) is 52.3 Å². The molecule has 3 N–H and O–H groups in total. The Hall–Kier alpha value is -2.81. The van der Waals surface area contributed by atoms with Gasteiger partial charge in [0.15, 0.2) is 11.5 Å². The highest BCUT2D eigenvalue weighted by Crippen LogP contribution is 2.37. The first-order chi connectivity index (χ1) is 15.0.